The second-order valence-corrected chi connectivity index (χ2v) is 3.71. The van der Waals surface area contributed by atoms with Gasteiger partial charge in [0.25, 0.3) is 0 Å². The minimum Gasteiger partial charge on any atom is -0.345 e. The van der Waals surface area contributed by atoms with Gasteiger partial charge in [-0.2, -0.15) is 4.98 Å². The number of rotatable bonds is 2. The molecule has 1 aromatic carbocycles. The maximum absolute atomic E-state index is 8.03. The SMILES string of the molecule is N=C1c2ccccc2CN1Cc1ncon1. The molecule has 2 heterocycles. The molecule has 0 bridgehead atoms. The van der Waals surface area contributed by atoms with Gasteiger partial charge >= 0.3 is 0 Å². The molecule has 5 nitrogen and oxygen atoms in total. The summed E-state index contributed by atoms with van der Waals surface area (Å²) >= 11 is 0. The first kappa shape index (κ1) is 9.08. The second kappa shape index (κ2) is 3.44. The lowest BCUT2D eigenvalue weighted by atomic mass is 10.1. The van der Waals surface area contributed by atoms with E-state index in [0.717, 1.165) is 12.1 Å². The topological polar surface area (TPSA) is 66.0 Å². The van der Waals surface area contributed by atoms with Crippen LogP contribution in [-0.2, 0) is 13.1 Å². The van der Waals surface area contributed by atoms with Crippen LogP contribution in [0.3, 0.4) is 0 Å². The zero-order valence-corrected chi connectivity index (χ0v) is 8.55. The van der Waals surface area contributed by atoms with E-state index in [0.29, 0.717) is 18.2 Å². The molecule has 80 valence electrons. The van der Waals surface area contributed by atoms with Crippen LogP contribution in [0.4, 0.5) is 0 Å². The van der Waals surface area contributed by atoms with E-state index in [9.17, 15) is 0 Å². The number of nitrogens with zero attached hydrogens (tertiary/aromatic N) is 3. The normalized spacial score (nSPS) is 14.2. The van der Waals surface area contributed by atoms with Crippen LogP contribution < -0.4 is 0 Å². The Morgan fingerprint density at radius 1 is 1.38 bits per heavy atom. The van der Waals surface area contributed by atoms with Crippen molar-refractivity contribution in [3.05, 3.63) is 47.6 Å². The third-order valence-electron chi connectivity index (χ3n) is 2.69. The fourth-order valence-electron chi connectivity index (χ4n) is 1.91. The molecule has 1 aliphatic heterocycles. The fraction of sp³-hybridized carbons (Fsp3) is 0.182. The summed E-state index contributed by atoms with van der Waals surface area (Å²) in [6, 6.07) is 7.95. The van der Waals surface area contributed by atoms with Crippen molar-refractivity contribution < 1.29 is 4.52 Å². The van der Waals surface area contributed by atoms with Gasteiger partial charge in [0, 0.05) is 12.1 Å². The van der Waals surface area contributed by atoms with E-state index in [1.807, 2.05) is 29.2 Å². The fourth-order valence-corrected chi connectivity index (χ4v) is 1.91. The molecule has 0 atom stereocenters. The average molecular weight is 214 g/mol. The Bertz CT molecular complexity index is 519. The molecule has 3 rings (SSSR count). The van der Waals surface area contributed by atoms with Crippen molar-refractivity contribution >= 4 is 5.84 Å². The summed E-state index contributed by atoms with van der Waals surface area (Å²) in [5.74, 6) is 1.14. The molecule has 0 amide bonds. The van der Waals surface area contributed by atoms with Crippen LogP contribution in [0.15, 0.2) is 35.2 Å². The van der Waals surface area contributed by atoms with Crippen LogP contribution in [0.1, 0.15) is 17.0 Å². The first-order chi connectivity index (χ1) is 7.84. The van der Waals surface area contributed by atoms with Crippen molar-refractivity contribution in [1.29, 1.82) is 5.41 Å². The Morgan fingerprint density at radius 3 is 3.00 bits per heavy atom. The van der Waals surface area contributed by atoms with E-state index in [4.69, 9.17) is 5.41 Å². The molecule has 0 saturated heterocycles. The van der Waals surface area contributed by atoms with Gasteiger partial charge < -0.3 is 9.42 Å². The van der Waals surface area contributed by atoms with Crippen LogP contribution in [0.2, 0.25) is 0 Å². The third-order valence-corrected chi connectivity index (χ3v) is 2.69. The van der Waals surface area contributed by atoms with Crippen molar-refractivity contribution in [2.75, 3.05) is 0 Å². The number of amidine groups is 1. The minimum absolute atomic E-state index is 0.518. The lowest BCUT2D eigenvalue weighted by Gasteiger charge is -2.14. The zero-order chi connectivity index (χ0) is 11.0. The van der Waals surface area contributed by atoms with Crippen LogP contribution in [-0.4, -0.2) is 20.9 Å². The van der Waals surface area contributed by atoms with Gasteiger partial charge in [0.1, 0.15) is 5.84 Å². The predicted molar refractivity (Wildman–Crippen MR) is 56.8 cm³/mol. The molecule has 0 fully saturated rings. The van der Waals surface area contributed by atoms with Gasteiger partial charge in [0.15, 0.2) is 5.82 Å². The lowest BCUT2D eigenvalue weighted by molar-refractivity contribution is 0.374. The maximum Gasteiger partial charge on any atom is 0.213 e. The van der Waals surface area contributed by atoms with Crippen LogP contribution >= 0.6 is 0 Å². The van der Waals surface area contributed by atoms with Gasteiger partial charge in [-0.25, -0.2) is 0 Å². The van der Waals surface area contributed by atoms with Crippen molar-refractivity contribution in [3.8, 4) is 0 Å². The molecule has 5 heteroatoms. The summed E-state index contributed by atoms with van der Waals surface area (Å²) in [6.45, 7) is 1.26. The van der Waals surface area contributed by atoms with Crippen molar-refractivity contribution in [3.63, 3.8) is 0 Å². The number of hydrogen-bond donors (Lipinski definition) is 1. The molecule has 0 radical (unpaired) electrons. The highest BCUT2D eigenvalue weighted by molar-refractivity contribution is 6.00. The Labute approximate surface area is 92.2 Å². The lowest BCUT2D eigenvalue weighted by Crippen LogP contribution is -2.23. The monoisotopic (exact) mass is 214 g/mol. The van der Waals surface area contributed by atoms with Gasteiger partial charge in [-0.1, -0.05) is 29.4 Å². The molecule has 2 aromatic rings. The smallest absolute Gasteiger partial charge is 0.213 e. The third kappa shape index (κ3) is 1.37. The second-order valence-electron chi connectivity index (χ2n) is 3.71. The first-order valence-electron chi connectivity index (χ1n) is 5.01. The van der Waals surface area contributed by atoms with Gasteiger partial charge in [0.2, 0.25) is 6.39 Å². The van der Waals surface area contributed by atoms with Crippen molar-refractivity contribution in [2.45, 2.75) is 13.1 Å². The number of fused-ring (bicyclic) bond motifs is 1. The molecular formula is C11H10N4O. The van der Waals surface area contributed by atoms with Gasteiger partial charge in [0.05, 0.1) is 6.54 Å². The Hall–Kier alpha value is -2.17. The Balaban J connectivity index is 1.85. The highest BCUT2D eigenvalue weighted by Crippen LogP contribution is 2.23. The van der Waals surface area contributed by atoms with E-state index in [1.165, 1.54) is 12.0 Å². The first-order valence-corrected chi connectivity index (χ1v) is 5.01. The van der Waals surface area contributed by atoms with Gasteiger partial charge in [-0.3, -0.25) is 5.41 Å². The van der Waals surface area contributed by atoms with E-state index in [-0.39, 0.29) is 0 Å². The largest absolute Gasteiger partial charge is 0.345 e. The quantitative estimate of drug-likeness (QED) is 0.820. The summed E-state index contributed by atoms with van der Waals surface area (Å²) in [4.78, 5) is 5.89. The highest BCUT2D eigenvalue weighted by atomic mass is 16.5. The molecule has 16 heavy (non-hydrogen) atoms. The highest BCUT2D eigenvalue weighted by Gasteiger charge is 2.24. The molecule has 1 aromatic heterocycles. The summed E-state index contributed by atoms with van der Waals surface area (Å²) in [7, 11) is 0. The van der Waals surface area contributed by atoms with Crippen LogP contribution in [0.25, 0.3) is 0 Å². The van der Waals surface area contributed by atoms with Gasteiger partial charge in [-0.15, -0.1) is 0 Å². The van der Waals surface area contributed by atoms with Gasteiger partial charge in [-0.05, 0) is 5.56 Å². The van der Waals surface area contributed by atoms with Crippen molar-refractivity contribution in [2.24, 2.45) is 0 Å². The maximum atomic E-state index is 8.03. The predicted octanol–water partition coefficient (Wildman–Crippen LogP) is 1.41. The molecule has 1 N–H and O–H groups in total. The Morgan fingerprint density at radius 2 is 2.25 bits per heavy atom. The number of hydrogen-bond acceptors (Lipinski definition) is 4. The number of aromatic nitrogens is 2. The average Bonchev–Trinajstić information content (AvgIpc) is 2.90. The Kier molecular flexibility index (Phi) is 1.96. The summed E-state index contributed by atoms with van der Waals surface area (Å²) in [6.07, 6.45) is 1.31. The molecule has 0 aliphatic carbocycles. The van der Waals surface area contributed by atoms with Crippen molar-refractivity contribution in [1.82, 2.24) is 15.0 Å². The zero-order valence-electron chi connectivity index (χ0n) is 8.55. The van der Waals surface area contributed by atoms with E-state index < -0.39 is 0 Å². The number of benzene rings is 1. The standard InChI is InChI=1S/C11H10N4O/c12-11-9-4-2-1-3-8(9)5-15(11)6-10-13-7-16-14-10/h1-4,7,12H,5-6H2. The molecule has 0 saturated carbocycles. The van der Waals surface area contributed by atoms with Crippen LogP contribution in [0.5, 0.6) is 0 Å². The van der Waals surface area contributed by atoms with E-state index >= 15 is 0 Å². The molecular weight excluding hydrogens is 204 g/mol. The number of nitrogens with one attached hydrogen (secondary N) is 1. The summed E-state index contributed by atoms with van der Waals surface area (Å²) < 4.78 is 4.68. The van der Waals surface area contributed by atoms with E-state index in [2.05, 4.69) is 14.7 Å². The molecule has 1 aliphatic rings. The molecule has 0 spiro atoms. The van der Waals surface area contributed by atoms with E-state index in [1.54, 1.807) is 0 Å². The summed E-state index contributed by atoms with van der Waals surface area (Å²) in [5, 5.41) is 11.8. The minimum atomic E-state index is 0.518. The van der Waals surface area contributed by atoms with Crippen LogP contribution in [0, 0.1) is 5.41 Å². The molecule has 0 unspecified atom stereocenters. The summed E-state index contributed by atoms with van der Waals surface area (Å²) in [5.41, 5.74) is 2.17.